The normalized spacial score (nSPS) is 13.9. The number of hydrogen-bond donors (Lipinski definition) is 0. The maximum absolute atomic E-state index is 2.08. The SMILES string of the molecule is C/C=C/C=C/C(C)=C/C. The van der Waals surface area contributed by atoms with Gasteiger partial charge >= 0.3 is 0 Å². The average Bonchev–Trinajstić information content (AvgIpc) is 1.89. The van der Waals surface area contributed by atoms with Gasteiger partial charge < -0.3 is 0 Å². The van der Waals surface area contributed by atoms with Gasteiger partial charge in [-0.05, 0) is 20.8 Å². The van der Waals surface area contributed by atoms with Crippen molar-refractivity contribution in [2.24, 2.45) is 0 Å². The van der Waals surface area contributed by atoms with Gasteiger partial charge in [0, 0.05) is 0 Å². The molecular formula is C9H14. The van der Waals surface area contributed by atoms with Gasteiger partial charge in [0.1, 0.15) is 0 Å². The third-order valence-corrected chi connectivity index (χ3v) is 1.12. The molecule has 0 aliphatic heterocycles. The lowest BCUT2D eigenvalue weighted by atomic mass is 10.2. The van der Waals surface area contributed by atoms with E-state index in [-0.39, 0.29) is 0 Å². The first kappa shape index (κ1) is 8.22. The zero-order valence-corrected chi connectivity index (χ0v) is 6.39. The van der Waals surface area contributed by atoms with E-state index in [1.54, 1.807) is 0 Å². The Labute approximate surface area is 57.6 Å². The van der Waals surface area contributed by atoms with Crippen molar-refractivity contribution in [3.8, 4) is 0 Å². The van der Waals surface area contributed by atoms with Crippen LogP contribution in [0.5, 0.6) is 0 Å². The number of rotatable bonds is 2. The van der Waals surface area contributed by atoms with Gasteiger partial charge in [0.25, 0.3) is 0 Å². The Morgan fingerprint density at radius 2 is 1.78 bits per heavy atom. The summed E-state index contributed by atoms with van der Waals surface area (Å²) in [5, 5.41) is 0. The summed E-state index contributed by atoms with van der Waals surface area (Å²) in [6.07, 6.45) is 10.2. The second-order valence-corrected chi connectivity index (χ2v) is 1.92. The van der Waals surface area contributed by atoms with Gasteiger partial charge in [0.05, 0.1) is 0 Å². The standard InChI is InChI=1S/C9H14/c1-4-6-7-8-9(3)5-2/h4-8H,1-3H3/b6-4+,8-7+,9-5+. The molecule has 0 rings (SSSR count). The molecule has 0 bridgehead atoms. The summed E-state index contributed by atoms with van der Waals surface area (Å²) in [5.41, 5.74) is 1.30. The fraction of sp³-hybridized carbons (Fsp3) is 0.333. The van der Waals surface area contributed by atoms with Crippen molar-refractivity contribution in [2.45, 2.75) is 20.8 Å². The third kappa shape index (κ3) is 5.09. The van der Waals surface area contributed by atoms with E-state index >= 15 is 0 Å². The zero-order valence-electron chi connectivity index (χ0n) is 6.39. The van der Waals surface area contributed by atoms with E-state index in [1.165, 1.54) is 5.57 Å². The molecule has 0 fully saturated rings. The van der Waals surface area contributed by atoms with Gasteiger partial charge in [-0.2, -0.15) is 0 Å². The summed E-state index contributed by atoms with van der Waals surface area (Å²) in [7, 11) is 0. The maximum Gasteiger partial charge on any atom is -0.0401 e. The predicted molar refractivity (Wildman–Crippen MR) is 43.4 cm³/mol. The van der Waals surface area contributed by atoms with Gasteiger partial charge in [0.15, 0.2) is 0 Å². The first-order chi connectivity index (χ1) is 4.31. The van der Waals surface area contributed by atoms with Gasteiger partial charge in [-0.3, -0.25) is 0 Å². The molecule has 0 aliphatic carbocycles. The lowest BCUT2D eigenvalue weighted by Gasteiger charge is -1.82. The Morgan fingerprint density at radius 3 is 2.22 bits per heavy atom. The first-order valence-electron chi connectivity index (χ1n) is 3.23. The molecule has 0 amide bonds. The summed E-state index contributed by atoms with van der Waals surface area (Å²) in [6, 6.07) is 0. The molecule has 0 aromatic rings. The molecule has 0 aliphatic rings. The number of hydrogen-bond acceptors (Lipinski definition) is 0. The van der Waals surface area contributed by atoms with Crippen LogP contribution in [0.2, 0.25) is 0 Å². The van der Waals surface area contributed by atoms with E-state index in [4.69, 9.17) is 0 Å². The van der Waals surface area contributed by atoms with E-state index in [1.807, 2.05) is 32.1 Å². The van der Waals surface area contributed by atoms with E-state index in [2.05, 4.69) is 19.1 Å². The molecule has 0 atom stereocenters. The zero-order chi connectivity index (χ0) is 7.11. The Bertz CT molecular complexity index is 136. The van der Waals surface area contributed by atoms with Crippen LogP contribution in [0.15, 0.2) is 36.0 Å². The van der Waals surface area contributed by atoms with Crippen LogP contribution in [-0.2, 0) is 0 Å². The van der Waals surface area contributed by atoms with Crippen LogP contribution >= 0.6 is 0 Å². The highest BCUT2D eigenvalue weighted by Crippen LogP contribution is 1.92. The minimum Gasteiger partial charge on any atom is -0.0877 e. The van der Waals surface area contributed by atoms with Crippen molar-refractivity contribution in [1.82, 2.24) is 0 Å². The third-order valence-electron chi connectivity index (χ3n) is 1.12. The van der Waals surface area contributed by atoms with Gasteiger partial charge in [0.2, 0.25) is 0 Å². The predicted octanol–water partition coefficient (Wildman–Crippen LogP) is 3.08. The summed E-state index contributed by atoms with van der Waals surface area (Å²) in [5.74, 6) is 0. The number of allylic oxidation sites excluding steroid dienone is 6. The Morgan fingerprint density at radius 1 is 1.11 bits per heavy atom. The molecule has 0 saturated carbocycles. The van der Waals surface area contributed by atoms with Crippen LogP contribution < -0.4 is 0 Å². The topological polar surface area (TPSA) is 0 Å². The smallest absolute Gasteiger partial charge is 0.0401 e. The van der Waals surface area contributed by atoms with Crippen LogP contribution in [0.1, 0.15) is 20.8 Å². The summed E-state index contributed by atoms with van der Waals surface area (Å²) in [4.78, 5) is 0. The largest absolute Gasteiger partial charge is 0.0877 e. The molecule has 0 aromatic carbocycles. The Hall–Kier alpha value is -0.780. The van der Waals surface area contributed by atoms with E-state index < -0.39 is 0 Å². The van der Waals surface area contributed by atoms with Crippen molar-refractivity contribution in [2.75, 3.05) is 0 Å². The van der Waals surface area contributed by atoms with Crippen LogP contribution in [0.4, 0.5) is 0 Å². The molecule has 0 N–H and O–H groups in total. The summed E-state index contributed by atoms with van der Waals surface area (Å²) < 4.78 is 0. The molecule has 0 aromatic heterocycles. The second kappa shape index (κ2) is 5.36. The molecule has 9 heavy (non-hydrogen) atoms. The van der Waals surface area contributed by atoms with Gasteiger partial charge in [-0.15, -0.1) is 0 Å². The highest BCUT2D eigenvalue weighted by atomic mass is 13.8. The molecule has 50 valence electrons. The monoisotopic (exact) mass is 122 g/mol. The minimum atomic E-state index is 1.30. The average molecular weight is 122 g/mol. The van der Waals surface area contributed by atoms with Crippen molar-refractivity contribution < 1.29 is 0 Å². The highest BCUT2D eigenvalue weighted by molar-refractivity contribution is 5.18. The lowest BCUT2D eigenvalue weighted by Crippen LogP contribution is -1.61. The van der Waals surface area contributed by atoms with Crippen molar-refractivity contribution in [3.05, 3.63) is 36.0 Å². The van der Waals surface area contributed by atoms with E-state index in [0.29, 0.717) is 0 Å². The quantitative estimate of drug-likeness (QED) is 0.494. The fourth-order valence-electron chi connectivity index (χ4n) is 0.415. The van der Waals surface area contributed by atoms with E-state index in [0.717, 1.165) is 0 Å². The van der Waals surface area contributed by atoms with Crippen LogP contribution in [0, 0.1) is 0 Å². The molecule has 0 saturated heterocycles. The van der Waals surface area contributed by atoms with Crippen LogP contribution in [-0.4, -0.2) is 0 Å². The van der Waals surface area contributed by atoms with Crippen molar-refractivity contribution >= 4 is 0 Å². The Kier molecular flexibility index (Phi) is 4.89. The van der Waals surface area contributed by atoms with Crippen molar-refractivity contribution in [1.29, 1.82) is 0 Å². The Balaban J connectivity index is 3.71. The van der Waals surface area contributed by atoms with Crippen molar-refractivity contribution in [3.63, 3.8) is 0 Å². The highest BCUT2D eigenvalue weighted by Gasteiger charge is 1.71. The van der Waals surface area contributed by atoms with Crippen LogP contribution in [0.3, 0.4) is 0 Å². The molecular weight excluding hydrogens is 108 g/mol. The summed E-state index contributed by atoms with van der Waals surface area (Å²) in [6.45, 7) is 6.13. The van der Waals surface area contributed by atoms with Crippen LogP contribution in [0.25, 0.3) is 0 Å². The molecule has 0 unspecified atom stereocenters. The van der Waals surface area contributed by atoms with Gasteiger partial charge in [-0.25, -0.2) is 0 Å². The summed E-state index contributed by atoms with van der Waals surface area (Å²) >= 11 is 0. The molecule has 0 heterocycles. The van der Waals surface area contributed by atoms with E-state index in [9.17, 15) is 0 Å². The van der Waals surface area contributed by atoms with Gasteiger partial charge in [-0.1, -0.05) is 36.0 Å². The maximum atomic E-state index is 2.08. The molecule has 0 nitrogen and oxygen atoms in total. The molecule has 0 spiro atoms. The second-order valence-electron chi connectivity index (χ2n) is 1.92. The first-order valence-corrected chi connectivity index (χ1v) is 3.23. The molecule has 0 heteroatoms. The lowest BCUT2D eigenvalue weighted by molar-refractivity contribution is 1.48. The fourth-order valence-corrected chi connectivity index (χ4v) is 0.415. The minimum absolute atomic E-state index is 1.30. The molecule has 0 radical (unpaired) electrons.